The number of fused-ring (bicyclic) bond motifs is 1. The van der Waals surface area contributed by atoms with Gasteiger partial charge in [-0.15, -0.1) is 0 Å². The third-order valence-corrected chi connectivity index (χ3v) is 5.13. The van der Waals surface area contributed by atoms with Crippen LogP contribution in [0.15, 0.2) is 47.1 Å². The Balaban J connectivity index is 1.60. The molecule has 1 N–H and O–H groups in total. The van der Waals surface area contributed by atoms with Crippen LogP contribution in [0.5, 0.6) is 5.75 Å². The molecule has 4 rings (SSSR count). The van der Waals surface area contributed by atoms with E-state index in [2.05, 4.69) is 22.1 Å². The molecule has 0 radical (unpaired) electrons. The number of carbonyl (C=O) groups excluding carboxylic acids is 1. The van der Waals surface area contributed by atoms with Gasteiger partial charge in [-0.05, 0) is 36.9 Å². The Morgan fingerprint density at radius 2 is 1.93 bits per heavy atom. The summed E-state index contributed by atoms with van der Waals surface area (Å²) in [4.78, 5) is 21.8. The second-order valence-corrected chi connectivity index (χ2v) is 6.77. The molecule has 0 spiro atoms. The highest BCUT2D eigenvalue weighted by atomic mass is 16.5. The fourth-order valence-electron chi connectivity index (χ4n) is 3.41. The smallest absolute Gasteiger partial charge is 0.272 e. The number of rotatable bonds is 5. The number of nitrogens with one attached hydrogen (secondary N) is 1. The molecule has 1 saturated heterocycles. The first-order valence-electron chi connectivity index (χ1n) is 9.49. The zero-order valence-corrected chi connectivity index (χ0v) is 16.1. The van der Waals surface area contributed by atoms with Crippen molar-refractivity contribution in [2.24, 2.45) is 0 Å². The number of furan rings is 1. The van der Waals surface area contributed by atoms with Gasteiger partial charge < -0.3 is 24.3 Å². The lowest BCUT2D eigenvalue weighted by molar-refractivity contribution is 0.0638. The van der Waals surface area contributed by atoms with Crippen LogP contribution >= 0.6 is 0 Å². The lowest BCUT2D eigenvalue weighted by atomic mass is 10.2. The van der Waals surface area contributed by atoms with Gasteiger partial charge in [-0.1, -0.05) is 6.92 Å². The molecule has 1 aliphatic heterocycles. The summed E-state index contributed by atoms with van der Waals surface area (Å²) in [6, 6.07) is 11.1. The number of hydrogen-bond acceptors (Lipinski definition) is 6. The fourth-order valence-corrected chi connectivity index (χ4v) is 3.41. The minimum Gasteiger partial charge on any atom is -0.497 e. The van der Waals surface area contributed by atoms with Crippen LogP contribution in [0, 0.1) is 0 Å². The van der Waals surface area contributed by atoms with Gasteiger partial charge in [0.2, 0.25) is 0 Å². The van der Waals surface area contributed by atoms with Crippen molar-refractivity contribution in [3.05, 3.63) is 48.4 Å². The van der Waals surface area contributed by atoms with Gasteiger partial charge in [0.15, 0.2) is 0 Å². The summed E-state index contributed by atoms with van der Waals surface area (Å²) in [6.07, 6.45) is 1.61. The lowest BCUT2D eigenvalue weighted by Gasteiger charge is -2.33. The summed E-state index contributed by atoms with van der Waals surface area (Å²) < 4.78 is 10.8. The Morgan fingerprint density at radius 3 is 2.61 bits per heavy atom. The predicted molar refractivity (Wildman–Crippen MR) is 108 cm³/mol. The van der Waals surface area contributed by atoms with Gasteiger partial charge in [-0.25, -0.2) is 4.98 Å². The maximum Gasteiger partial charge on any atom is 0.272 e. The second kappa shape index (κ2) is 7.90. The molecule has 7 nitrogen and oxygen atoms in total. The largest absolute Gasteiger partial charge is 0.497 e. The summed E-state index contributed by atoms with van der Waals surface area (Å²) in [5.74, 6) is 1.32. The normalized spacial score (nSPS) is 15.0. The Hall–Kier alpha value is -3.06. The summed E-state index contributed by atoms with van der Waals surface area (Å²) in [5, 5.41) is 4.13. The zero-order valence-electron chi connectivity index (χ0n) is 16.1. The van der Waals surface area contributed by atoms with E-state index in [1.807, 2.05) is 35.2 Å². The van der Waals surface area contributed by atoms with E-state index in [4.69, 9.17) is 9.15 Å². The molecular formula is C21H24N4O3. The Labute approximate surface area is 163 Å². The number of likely N-dealkylation sites (N-methyl/N-ethyl adjacent to an activating group) is 1. The van der Waals surface area contributed by atoms with Gasteiger partial charge in [0.05, 0.1) is 18.8 Å². The van der Waals surface area contributed by atoms with Crippen molar-refractivity contribution in [2.45, 2.75) is 6.92 Å². The maximum absolute atomic E-state index is 13.0. The van der Waals surface area contributed by atoms with Crippen LogP contribution in [-0.2, 0) is 0 Å². The monoisotopic (exact) mass is 380 g/mol. The van der Waals surface area contributed by atoms with Crippen LogP contribution in [0.4, 0.5) is 11.5 Å². The number of amides is 1. The first-order chi connectivity index (χ1) is 13.7. The van der Waals surface area contributed by atoms with Gasteiger partial charge >= 0.3 is 0 Å². The highest BCUT2D eigenvalue weighted by molar-refractivity contribution is 5.99. The minimum atomic E-state index is -0.0631. The average molecular weight is 380 g/mol. The molecule has 0 bridgehead atoms. The minimum absolute atomic E-state index is 0.0631. The van der Waals surface area contributed by atoms with Crippen molar-refractivity contribution < 1.29 is 13.9 Å². The van der Waals surface area contributed by atoms with E-state index in [0.717, 1.165) is 36.5 Å². The quantitative estimate of drug-likeness (QED) is 0.732. The lowest BCUT2D eigenvalue weighted by Crippen LogP contribution is -2.48. The number of hydrogen-bond donors (Lipinski definition) is 1. The van der Waals surface area contributed by atoms with Crippen LogP contribution in [0.1, 0.15) is 17.4 Å². The molecule has 0 unspecified atom stereocenters. The number of ether oxygens (including phenoxy) is 1. The molecule has 1 aliphatic rings. The number of anilines is 2. The Kier molecular flexibility index (Phi) is 5.16. The van der Waals surface area contributed by atoms with Crippen molar-refractivity contribution >= 4 is 28.4 Å². The summed E-state index contributed by atoms with van der Waals surface area (Å²) in [7, 11) is 1.63. The van der Waals surface area contributed by atoms with E-state index < -0.39 is 0 Å². The molecule has 1 amide bonds. The van der Waals surface area contributed by atoms with Gasteiger partial charge in [-0.2, -0.15) is 0 Å². The van der Waals surface area contributed by atoms with Crippen LogP contribution in [-0.4, -0.2) is 60.5 Å². The van der Waals surface area contributed by atoms with Gasteiger partial charge in [0.25, 0.3) is 5.91 Å². The number of methoxy groups -OCH3 is 1. The first kappa shape index (κ1) is 18.3. The number of piperazine rings is 1. The van der Waals surface area contributed by atoms with E-state index in [1.54, 1.807) is 19.4 Å². The molecule has 28 heavy (non-hydrogen) atoms. The molecule has 0 aliphatic carbocycles. The molecular weight excluding hydrogens is 356 g/mol. The number of carbonyl (C=O) groups is 1. The van der Waals surface area contributed by atoms with Crippen LogP contribution in [0.2, 0.25) is 0 Å². The number of nitrogens with zero attached hydrogens (tertiary/aromatic N) is 3. The number of benzene rings is 1. The third-order valence-electron chi connectivity index (χ3n) is 5.13. The summed E-state index contributed by atoms with van der Waals surface area (Å²) >= 11 is 0. The molecule has 146 valence electrons. The van der Waals surface area contributed by atoms with Gasteiger partial charge in [0, 0.05) is 37.9 Å². The zero-order chi connectivity index (χ0) is 19.5. The molecule has 3 heterocycles. The summed E-state index contributed by atoms with van der Waals surface area (Å²) in [6.45, 7) is 6.36. The van der Waals surface area contributed by atoms with E-state index in [9.17, 15) is 4.79 Å². The van der Waals surface area contributed by atoms with E-state index in [0.29, 0.717) is 30.2 Å². The molecule has 0 atom stereocenters. The number of pyridine rings is 1. The highest BCUT2D eigenvalue weighted by Gasteiger charge is 2.23. The van der Waals surface area contributed by atoms with Crippen LogP contribution in [0.25, 0.3) is 11.0 Å². The molecule has 2 aromatic heterocycles. The fraction of sp³-hybridized carbons (Fsp3) is 0.333. The standard InChI is InChI=1S/C21H24N4O3/c1-3-24-9-11-25(12-10-24)21(26)18-14-19-17(8-13-28-19)20(23-18)22-15-4-6-16(27-2)7-5-15/h4-8,13-14H,3,9-12H2,1-2H3,(H,22,23). The van der Waals surface area contributed by atoms with Crippen molar-refractivity contribution in [2.75, 3.05) is 45.2 Å². The van der Waals surface area contributed by atoms with Crippen molar-refractivity contribution in [3.63, 3.8) is 0 Å². The second-order valence-electron chi connectivity index (χ2n) is 6.77. The Bertz CT molecular complexity index is 959. The highest BCUT2D eigenvalue weighted by Crippen LogP contribution is 2.28. The van der Waals surface area contributed by atoms with Crippen molar-refractivity contribution in [3.8, 4) is 5.75 Å². The predicted octanol–water partition coefficient (Wildman–Crippen LogP) is 3.36. The molecule has 0 saturated carbocycles. The maximum atomic E-state index is 13.0. The topological polar surface area (TPSA) is 70.8 Å². The molecule has 1 fully saturated rings. The van der Waals surface area contributed by atoms with Gasteiger partial charge in [-0.3, -0.25) is 4.79 Å². The number of aromatic nitrogens is 1. The van der Waals surface area contributed by atoms with Crippen molar-refractivity contribution in [1.29, 1.82) is 0 Å². The summed E-state index contributed by atoms with van der Waals surface area (Å²) in [5.41, 5.74) is 1.89. The molecule has 1 aromatic carbocycles. The van der Waals surface area contributed by atoms with Gasteiger partial charge in [0.1, 0.15) is 22.8 Å². The van der Waals surface area contributed by atoms with E-state index in [-0.39, 0.29) is 5.91 Å². The Morgan fingerprint density at radius 1 is 1.18 bits per heavy atom. The van der Waals surface area contributed by atoms with Crippen molar-refractivity contribution in [1.82, 2.24) is 14.8 Å². The SMILES string of the molecule is CCN1CCN(C(=O)c2cc3occc3c(Nc3ccc(OC)cc3)n2)CC1. The molecule has 7 heteroatoms. The first-order valence-corrected chi connectivity index (χ1v) is 9.49. The van der Waals surface area contributed by atoms with E-state index >= 15 is 0 Å². The third kappa shape index (κ3) is 3.66. The average Bonchev–Trinajstić information content (AvgIpc) is 3.23. The van der Waals surface area contributed by atoms with Crippen LogP contribution < -0.4 is 10.1 Å². The van der Waals surface area contributed by atoms with Crippen LogP contribution in [0.3, 0.4) is 0 Å². The molecule has 3 aromatic rings. The van der Waals surface area contributed by atoms with E-state index in [1.165, 1.54) is 0 Å².